The molecule has 0 aromatic heterocycles. The van der Waals surface area contributed by atoms with Crippen LogP contribution in [0.25, 0.3) is 0 Å². The highest BCUT2D eigenvalue weighted by molar-refractivity contribution is 4.95. The van der Waals surface area contributed by atoms with E-state index in [0.717, 1.165) is 19.1 Å². The lowest BCUT2D eigenvalue weighted by atomic mass is 9.77. The van der Waals surface area contributed by atoms with Crippen molar-refractivity contribution in [1.82, 2.24) is 5.32 Å². The Morgan fingerprint density at radius 1 is 1.05 bits per heavy atom. The highest BCUT2D eigenvalue weighted by Crippen LogP contribution is 2.36. The van der Waals surface area contributed by atoms with Crippen LogP contribution in [0, 0.1) is 5.92 Å². The minimum absolute atomic E-state index is 0.124. The molecule has 0 aromatic rings. The summed E-state index contributed by atoms with van der Waals surface area (Å²) in [5.41, 5.74) is 0.124. The van der Waals surface area contributed by atoms with Crippen molar-refractivity contribution in [3.05, 3.63) is 0 Å². The molecule has 0 radical (unpaired) electrons. The molecule has 0 aliphatic heterocycles. The van der Waals surface area contributed by atoms with E-state index >= 15 is 0 Å². The molecule has 120 valence electrons. The SMILES string of the molecule is CCCNC(CCCC(C)C)C1(OCC)CCCCC1. The minimum Gasteiger partial charge on any atom is -0.374 e. The average molecular weight is 284 g/mol. The summed E-state index contributed by atoms with van der Waals surface area (Å²) in [5, 5.41) is 3.81. The summed E-state index contributed by atoms with van der Waals surface area (Å²) in [5.74, 6) is 0.816. The molecule has 1 unspecified atom stereocenters. The lowest BCUT2D eigenvalue weighted by Gasteiger charge is -2.44. The van der Waals surface area contributed by atoms with Gasteiger partial charge in [-0.3, -0.25) is 0 Å². The molecule has 0 heterocycles. The van der Waals surface area contributed by atoms with Gasteiger partial charge in [-0.1, -0.05) is 52.9 Å². The fraction of sp³-hybridized carbons (Fsp3) is 1.00. The van der Waals surface area contributed by atoms with Crippen LogP contribution in [0.5, 0.6) is 0 Å². The Labute approximate surface area is 127 Å². The van der Waals surface area contributed by atoms with E-state index in [1.807, 2.05) is 0 Å². The Balaban J connectivity index is 2.64. The van der Waals surface area contributed by atoms with Gasteiger partial charge in [0.2, 0.25) is 0 Å². The molecule has 1 saturated carbocycles. The van der Waals surface area contributed by atoms with Crippen LogP contribution in [-0.4, -0.2) is 24.8 Å². The first-order valence-electron chi connectivity index (χ1n) is 9.02. The Hall–Kier alpha value is -0.0800. The maximum atomic E-state index is 6.32. The van der Waals surface area contributed by atoms with Crippen molar-refractivity contribution in [2.45, 2.75) is 97.1 Å². The summed E-state index contributed by atoms with van der Waals surface area (Å²) in [6.07, 6.45) is 11.7. The Morgan fingerprint density at radius 2 is 1.75 bits per heavy atom. The number of hydrogen-bond donors (Lipinski definition) is 1. The smallest absolute Gasteiger partial charge is 0.0834 e. The van der Waals surface area contributed by atoms with Crippen LogP contribution in [0.4, 0.5) is 0 Å². The lowest BCUT2D eigenvalue weighted by Crippen LogP contribution is -2.54. The van der Waals surface area contributed by atoms with E-state index in [9.17, 15) is 0 Å². The zero-order valence-electron chi connectivity index (χ0n) is 14.3. The van der Waals surface area contributed by atoms with Gasteiger partial charge in [0.05, 0.1) is 5.60 Å². The van der Waals surface area contributed by atoms with Gasteiger partial charge < -0.3 is 10.1 Å². The van der Waals surface area contributed by atoms with Crippen molar-refractivity contribution >= 4 is 0 Å². The quantitative estimate of drug-likeness (QED) is 0.614. The molecule has 0 aromatic carbocycles. The van der Waals surface area contributed by atoms with Gasteiger partial charge in [0.1, 0.15) is 0 Å². The zero-order valence-corrected chi connectivity index (χ0v) is 14.3. The normalized spacial score (nSPS) is 20.2. The molecular weight excluding hydrogens is 246 g/mol. The first-order valence-corrected chi connectivity index (χ1v) is 9.02. The highest BCUT2D eigenvalue weighted by atomic mass is 16.5. The predicted molar refractivity (Wildman–Crippen MR) is 88.2 cm³/mol. The van der Waals surface area contributed by atoms with E-state index in [4.69, 9.17) is 4.74 Å². The first kappa shape index (κ1) is 18.0. The summed E-state index contributed by atoms with van der Waals surface area (Å²) >= 11 is 0. The maximum Gasteiger partial charge on any atom is 0.0834 e. The standard InChI is InChI=1S/C18H37NO/c1-5-15-19-17(12-10-11-16(3)4)18(20-6-2)13-8-7-9-14-18/h16-17,19H,5-15H2,1-4H3. The van der Waals surface area contributed by atoms with E-state index in [1.165, 1.54) is 57.8 Å². The first-order chi connectivity index (χ1) is 9.64. The van der Waals surface area contributed by atoms with Gasteiger partial charge in [-0.15, -0.1) is 0 Å². The van der Waals surface area contributed by atoms with Crippen molar-refractivity contribution in [1.29, 1.82) is 0 Å². The molecule has 0 spiro atoms. The van der Waals surface area contributed by atoms with Crippen molar-refractivity contribution in [3.8, 4) is 0 Å². The molecule has 1 N–H and O–H groups in total. The highest BCUT2D eigenvalue weighted by Gasteiger charge is 2.39. The van der Waals surface area contributed by atoms with E-state index in [-0.39, 0.29) is 5.60 Å². The Morgan fingerprint density at radius 3 is 2.30 bits per heavy atom. The van der Waals surface area contributed by atoms with Gasteiger partial charge in [0.25, 0.3) is 0 Å². The molecule has 0 bridgehead atoms. The molecule has 1 rings (SSSR count). The fourth-order valence-electron chi connectivity index (χ4n) is 3.63. The van der Waals surface area contributed by atoms with E-state index in [1.54, 1.807) is 0 Å². The van der Waals surface area contributed by atoms with Crippen LogP contribution >= 0.6 is 0 Å². The van der Waals surface area contributed by atoms with Crippen LogP contribution in [-0.2, 0) is 4.74 Å². The predicted octanol–water partition coefficient (Wildman–Crippen LogP) is 4.92. The van der Waals surface area contributed by atoms with E-state index < -0.39 is 0 Å². The summed E-state index contributed by atoms with van der Waals surface area (Å²) in [7, 11) is 0. The van der Waals surface area contributed by atoms with Gasteiger partial charge >= 0.3 is 0 Å². The Kier molecular flexibility index (Phi) is 8.79. The van der Waals surface area contributed by atoms with E-state index in [0.29, 0.717) is 6.04 Å². The third-order valence-electron chi connectivity index (χ3n) is 4.68. The molecule has 0 saturated heterocycles. The second-order valence-electron chi connectivity index (χ2n) is 6.89. The largest absolute Gasteiger partial charge is 0.374 e. The van der Waals surface area contributed by atoms with Crippen molar-refractivity contribution in [3.63, 3.8) is 0 Å². The molecular formula is C18H37NO. The maximum absolute atomic E-state index is 6.32. The summed E-state index contributed by atoms with van der Waals surface area (Å²) in [6.45, 7) is 11.0. The zero-order chi connectivity index (χ0) is 14.8. The molecule has 1 aliphatic rings. The number of rotatable bonds is 10. The van der Waals surface area contributed by atoms with Crippen molar-refractivity contribution in [2.24, 2.45) is 5.92 Å². The Bertz CT molecular complexity index is 228. The lowest BCUT2D eigenvalue weighted by molar-refractivity contribution is -0.0919. The minimum atomic E-state index is 0.124. The summed E-state index contributed by atoms with van der Waals surface area (Å²) < 4.78 is 6.32. The van der Waals surface area contributed by atoms with Crippen LogP contribution in [0.3, 0.4) is 0 Å². The molecule has 2 nitrogen and oxygen atoms in total. The van der Waals surface area contributed by atoms with Gasteiger partial charge in [0.15, 0.2) is 0 Å². The number of ether oxygens (including phenoxy) is 1. The van der Waals surface area contributed by atoms with Crippen LogP contribution in [0.2, 0.25) is 0 Å². The van der Waals surface area contributed by atoms with Gasteiger partial charge in [-0.2, -0.15) is 0 Å². The molecule has 1 fully saturated rings. The van der Waals surface area contributed by atoms with Crippen LogP contribution < -0.4 is 5.32 Å². The molecule has 20 heavy (non-hydrogen) atoms. The number of hydrogen-bond acceptors (Lipinski definition) is 2. The van der Waals surface area contributed by atoms with Crippen molar-refractivity contribution in [2.75, 3.05) is 13.2 Å². The average Bonchev–Trinajstić information content (AvgIpc) is 2.43. The second kappa shape index (κ2) is 9.78. The van der Waals surface area contributed by atoms with E-state index in [2.05, 4.69) is 33.0 Å². The third kappa shape index (κ3) is 5.73. The van der Waals surface area contributed by atoms with Crippen LogP contribution in [0.15, 0.2) is 0 Å². The van der Waals surface area contributed by atoms with Crippen LogP contribution in [0.1, 0.15) is 85.5 Å². The second-order valence-corrected chi connectivity index (χ2v) is 6.89. The monoisotopic (exact) mass is 283 g/mol. The third-order valence-corrected chi connectivity index (χ3v) is 4.68. The molecule has 1 aliphatic carbocycles. The number of nitrogens with one attached hydrogen (secondary N) is 1. The fourth-order valence-corrected chi connectivity index (χ4v) is 3.63. The topological polar surface area (TPSA) is 21.3 Å². The van der Waals surface area contributed by atoms with Crippen molar-refractivity contribution < 1.29 is 4.74 Å². The summed E-state index contributed by atoms with van der Waals surface area (Å²) in [4.78, 5) is 0. The van der Waals surface area contributed by atoms with Gasteiger partial charge in [-0.25, -0.2) is 0 Å². The molecule has 1 atom stereocenters. The molecule has 0 amide bonds. The summed E-state index contributed by atoms with van der Waals surface area (Å²) in [6, 6.07) is 0.557. The molecule has 2 heteroatoms. The van der Waals surface area contributed by atoms with Gasteiger partial charge in [-0.05, 0) is 45.1 Å². The van der Waals surface area contributed by atoms with Gasteiger partial charge in [0, 0.05) is 12.6 Å².